The maximum atomic E-state index is 13.9. The predicted octanol–water partition coefficient (Wildman–Crippen LogP) is -5.89. The van der Waals surface area contributed by atoms with Crippen molar-refractivity contribution in [1.82, 2.24) is 21.3 Å². The lowest BCUT2D eigenvalue weighted by Crippen LogP contribution is -2.70. The number of carbonyl (C=O) groups is 5. The van der Waals surface area contributed by atoms with Gasteiger partial charge < -0.3 is 112 Å². The second kappa shape index (κ2) is 42.5. The van der Waals surface area contributed by atoms with Crippen LogP contribution in [0.15, 0.2) is 0 Å². The summed E-state index contributed by atoms with van der Waals surface area (Å²) in [5.41, 5.74) is 0. The van der Waals surface area contributed by atoms with E-state index in [1.54, 1.807) is 18.7 Å². The molecule has 52 nitrogen and oxygen atoms in total. The number of hydrogen-bond donors (Lipinski definition) is 13. The van der Waals surface area contributed by atoms with E-state index >= 15 is 0 Å². The summed E-state index contributed by atoms with van der Waals surface area (Å²) in [6, 6.07) is -2.00. The fourth-order valence-corrected chi connectivity index (χ4v) is 17.4. The molecule has 7 heterocycles. The standard InChI is InChI=1S/C55H92N4O48S7/c1-8-18-92-33-24(19-93-109(68,69)70)96-50(31(32(33)62)58-29(61)16-10-9-13-17-56-28(60)15-12-11-14-27-30-23(22-108-27)57-55(67)59-30)101-39-37(87-3)44(89-5)53(103-42(39)48(63)64)100-35-26(21-95-111(74,75)76)98-54(47(107-114(83,84)85)41(35)105-112(77,78)79)102-40-38(88-4)45(90-6)52(104-43(40)49(65)66)99-34-25(20-94-110(71,72)73)97-51(91-7)46(36(34)86-2)106-113(80,81)82/h23-27,30-47,50-54,62H,8-22H2,1-7H3,(H,56,60)(H,58,61)(H,63,64)(H,65,66)(H2,57,59,67)(H,68,69,70)(H,71,72,73)(H,74,75,76)(H,77,78,79)(H,80,81,82)(H,83,84,85)/t23?,24-,25-,26-,27?,30?,31-,32-,33-,34-,35-,36+,37+,38+,39+,40+,41+,42+,43+,44-,45-,46-,47-,50-,51+,52+,53-,54-/m1/s1. The molecule has 7 fully saturated rings. The number of unbranched alkanes of at least 4 members (excludes halogenated alkanes) is 3. The zero-order chi connectivity index (χ0) is 84.8. The van der Waals surface area contributed by atoms with Crippen LogP contribution in [0.25, 0.3) is 0 Å². The van der Waals surface area contributed by atoms with E-state index in [2.05, 4.69) is 33.8 Å². The van der Waals surface area contributed by atoms with Crippen LogP contribution in [0.2, 0.25) is 0 Å². The van der Waals surface area contributed by atoms with E-state index in [0.717, 1.165) is 61.3 Å². The first kappa shape index (κ1) is 97.2. The molecular weight excluding hydrogens is 1710 g/mol. The number of urea groups is 1. The van der Waals surface area contributed by atoms with Crippen molar-refractivity contribution in [3.05, 3.63) is 0 Å². The largest absolute Gasteiger partial charge is 0.479 e. The van der Waals surface area contributed by atoms with Crippen LogP contribution in [-0.2, 0) is 182 Å². The van der Waals surface area contributed by atoms with Gasteiger partial charge in [-0.1, -0.05) is 19.8 Å². The minimum Gasteiger partial charge on any atom is -0.479 e. The quantitative estimate of drug-likeness (QED) is 0.0153. The number of fused-ring (bicyclic) bond motifs is 1. The number of methoxy groups -OCH3 is 6. The van der Waals surface area contributed by atoms with E-state index in [-0.39, 0.29) is 68.1 Å². The average molecular weight is 1800 g/mol. The number of ether oxygens (including phenoxy) is 16. The van der Waals surface area contributed by atoms with Gasteiger partial charge in [0.15, 0.2) is 55.9 Å². The molecular formula is C55H92N4O48S7. The number of aliphatic carboxylic acids is 2. The van der Waals surface area contributed by atoms with Crippen molar-refractivity contribution in [2.24, 2.45) is 0 Å². The molecule has 7 rings (SSSR count). The van der Waals surface area contributed by atoms with Gasteiger partial charge in [0.2, 0.25) is 11.8 Å². The second-order valence-electron chi connectivity index (χ2n) is 25.8. The Morgan fingerprint density at radius 1 is 0.465 bits per heavy atom. The molecule has 0 spiro atoms. The van der Waals surface area contributed by atoms with Crippen LogP contribution in [-0.4, -0.2) is 375 Å². The molecule has 0 bridgehead atoms. The number of amides is 4. The Hall–Kier alpha value is -3.96. The molecule has 0 radical (unpaired) electrons. The van der Waals surface area contributed by atoms with E-state index in [9.17, 15) is 117 Å². The van der Waals surface area contributed by atoms with Crippen LogP contribution in [0.4, 0.5) is 4.79 Å². The fourth-order valence-electron chi connectivity index (χ4n) is 13.5. The highest BCUT2D eigenvalue weighted by Crippen LogP contribution is 2.42. The monoisotopic (exact) mass is 1800 g/mol. The van der Waals surface area contributed by atoms with Gasteiger partial charge in [0.05, 0.1) is 31.9 Å². The third-order valence-electron chi connectivity index (χ3n) is 18.3. The van der Waals surface area contributed by atoms with Crippen molar-refractivity contribution in [2.45, 2.75) is 236 Å². The molecule has 7 aliphatic rings. The lowest BCUT2D eigenvalue weighted by molar-refractivity contribution is -0.386. The molecule has 7 aliphatic heterocycles. The second-order valence-corrected chi connectivity index (χ2v) is 33.5. The van der Waals surface area contributed by atoms with Gasteiger partial charge in [0.1, 0.15) is 97.6 Å². The van der Waals surface area contributed by atoms with E-state index in [1.807, 2.05) is 0 Å². The van der Waals surface area contributed by atoms with E-state index in [0.29, 0.717) is 19.3 Å². The fraction of sp³-hybridized carbons (Fsp3) is 0.909. The normalized spacial score (nSPS) is 35.9. The molecule has 3 unspecified atom stereocenters. The summed E-state index contributed by atoms with van der Waals surface area (Å²) >= 11 is 1.75. The van der Waals surface area contributed by atoms with Gasteiger partial charge in [-0.25, -0.2) is 39.5 Å². The first-order valence-electron chi connectivity index (χ1n) is 34.1. The molecule has 0 saturated carbocycles. The lowest BCUT2D eigenvalue weighted by atomic mass is 9.94. The molecule has 7 saturated heterocycles. The van der Waals surface area contributed by atoms with E-state index in [1.165, 1.54) is 0 Å². The van der Waals surface area contributed by atoms with Gasteiger partial charge in [-0.2, -0.15) is 62.3 Å². The molecule has 662 valence electrons. The Balaban J connectivity index is 1.17. The number of aliphatic hydroxyl groups is 1. The maximum Gasteiger partial charge on any atom is 0.397 e. The third-order valence-corrected chi connectivity index (χ3v) is 22.5. The highest BCUT2D eigenvalue weighted by atomic mass is 32.3. The molecule has 4 amide bonds. The van der Waals surface area contributed by atoms with Gasteiger partial charge in [0, 0.05) is 79.7 Å². The van der Waals surface area contributed by atoms with Crippen molar-refractivity contribution >= 4 is 104 Å². The van der Waals surface area contributed by atoms with Gasteiger partial charge in [-0.3, -0.25) is 36.9 Å². The van der Waals surface area contributed by atoms with Crippen molar-refractivity contribution in [2.75, 3.05) is 81.4 Å². The van der Waals surface area contributed by atoms with Crippen LogP contribution in [0, 0.1) is 0 Å². The van der Waals surface area contributed by atoms with Crippen molar-refractivity contribution < 1.29 is 218 Å². The number of thioether (sulfide) groups is 1. The summed E-state index contributed by atoms with van der Waals surface area (Å²) in [6.07, 6.45) is -52.7. The predicted molar refractivity (Wildman–Crippen MR) is 364 cm³/mol. The highest BCUT2D eigenvalue weighted by Gasteiger charge is 2.62. The summed E-state index contributed by atoms with van der Waals surface area (Å²) in [5, 5.41) is 45.3. The van der Waals surface area contributed by atoms with Crippen LogP contribution < -0.4 is 21.3 Å². The molecule has 0 aromatic rings. The molecule has 0 aromatic carbocycles. The molecule has 0 aliphatic carbocycles. The van der Waals surface area contributed by atoms with Crippen molar-refractivity contribution in [1.29, 1.82) is 0 Å². The summed E-state index contributed by atoms with van der Waals surface area (Å²) in [4.78, 5) is 65.4. The van der Waals surface area contributed by atoms with Crippen molar-refractivity contribution in [3.8, 4) is 0 Å². The minimum atomic E-state index is -6.22. The van der Waals surface area contributed by atoms with Gasteiger partial charge in [-0.15, -0.1) is 0 Å². The summed E-state index contributed by atoms with van der Waals surface area (Å²) in [5.74, 6) is -4.49. The maximum absolute atomic E-state index is 13.9. The first-order valence-corrected chi connectivity index (χ1v) is 43.4. The number of nitrogens with one attached hydrogen (secondary N) is 4. The molecule has 59 heteroatoms. The summed E-state index contributed by atoms with van der Waals surface area (Å²) < 4.78 is 328. The van der Waals surface area contributed by atoms with Gasteiger partial charge >= 0.3 is 80.4 Å². The van der Waals surface area contributed by atoms with Crippen LogP contribution in [0.5, 0.6) is 0 Å². The number of aliphatic hydroxyl groups excluding tert-OH is 1. The summed E-state index contributed by atoms with van der Waals surface area (Å²) in [6.45, 7) is -2.54. The number of carbonyl (C=O) groups excluding carboxylic acids is 3. The number of rotatable bonds is 46. The zero-order valence-electron chi connectivity index (χ0n) is 61.1. The Kier molecular flexibility index (Phi) is 36.2. The Bertz CT molecular complexity index is 3900. The highest BCUT2D eigenvalue weighted by molar-refractivity contribution is 8.00. The SMILES string of the molecule is CCCO[C@H]1[C@H](O)[C@@H](NC(=O)CCCCCNC(=O)CCCCC2SCC3NC(=O)NC32)[C@@H](O[C@H]2[C@H](OC)[C@@H](OC)[C@H](O[C@H]3[C@H](OS(=O)(=O)O)[C@@H](OS(=O)(=O)O)[C@@H](O[C@H]4[C@H](OC)[C@@H](OC)[C@@H](O[C@H]5[C@H](OC)[C@@H](OS(=O)(=O)O)[C@@H](OC)O[C@@H]5COS(=O)(=O)O)O[C@@H]4C(=O)O)O[C@@H]3COS(=O)(=O)O)O[C@@H]2C(=O)O)O[C@@H]1COS(=O)(=O)O. The Morgan fingerprint density at radius 2 is 0.877 bits per heavy atom. The zero-order valence-corrected chi connectivity index (χ0v) is 66.8. The van der Waals surface area contributed by atoms with Gasteiger partial charge in [-0.05, 0) is 32.1 Å². The van der Waals surface area contributed by atoms with Crippen LogP contribution in [0.3, 0.4) is 0 Å². The topological polar surface area (TPSA) is 723 Å². The molecule has 28 atom stereocenters. The first-order chi connectivity index (χ1) is 53.2. The lowest BCUT2D eigenvalue weighted by Gasteiger charge is -2.51. The van der Waals surface area contributed by atoms with Crippen molar-refractivity contribution in [3.63, 3.8) is 0 Å². The number of carboxylic acids is 2. The molecule has 0 aromatic heterocycles. The summed E-state index contributed by atoms with van der Waals surface area (Å²) in [7, 11) is -29.3. The molecule has 114 heavy (non-hydrogen) atoms. The van der Waals surface area contributed by atoms with E-state index in [4.69, 9.17) is 88.3 Å². The average Bonchev–Trinajstić information content (AvgIpc) is 0.944. The number of hydrogen-bond acceptors (Lipinski definition) is 41. The smallest absolute Gasteiger partial charge is 0.397 e. The Morgan fingerprint density at radius 3 is 1.34 bits per heavy atom. The molecule has 13 N–H and O–H groups in total. The Labute approximate surface area is 656 Å². The van der Waals surface area contributed by atoms with Crippen LogP contribution >= 0.6 is 11.8 Å². The van der Waals surface area contributed by atoms with E-state index < -0.39 is 254 Å². The van der Waals surface area contributed by atoms with Crippen LogP contribution in [0.1, 0.15) is 64.7 Å². The number of carboxylic acid groups (broad SMARTS) is 2. The third kappa shape index (κ3) is 28.1. The van der Waals surface area contributed by atoms with Gasteiger partial charge in [0.25, 0.3) is 0 Å². The minimum absolute atomic E-state index is 0.0178.